The molecule has 0 radical (unpaired) electrons. The number of benzene rings is 1. The minimum atomic E-state index is -1.06. The molecule has 7 heteroatoms. The Morgan fingerprint density at radius 2 is 1.92 bits per heavy atom. The highest BCUT2D eigenvalue weighted by Gasteiger charge is 2.40. The maximum atomic E-state index is 12.9. The minimum absolute atomic E-state index is 0.110. The molecule has 1 aromatic rings. The fourth-order valence-corrected chi connectivity index (χ4v) is 3.88. The van der Waals surface area contributed by atoms with E-state index in [2.05, 4.69) is 4.90 Å². The highest BCUT2D eigenvalue weighted by Crippen LogP contribution is 2.40. The number of carbonyl (C=O) groups excluding carboxylic acids is 2. The first-order valence-electron chi connectivity index (χ1n) is 9.21. The van der Waals surface area contributed by atoms with Crippen LogP contribution in [0.1, 0.15) is 43.5 Å². The number of hydrogen-bond acceptors (Lipinski definition) is 4. The van der Waals surface area contributed by atoms with E-state index in [1.165, 1.54) is 4.90 Å². The van der Waals surface area contributed by atoms with E-state index in [0.717, 1.165) is 31.5 Å². The predicted molar refractivity (Wildman–Crippen MR) is 98.7 cm³/mol. The van der Waals surface area contributed by atoms with Crippen LogP contribution in [0.5, 0.6) is 0 Å². The second-order valence-corrected chi connectivity index (χ2v) is 6.70. The lowest BCUT2D eigenvalue weighted by atomic mass is 9.95. The fraction of sp³-hybridized carbons (Fsp3) is 0.526. The average Bonchev–Trinajstić information content (AvgIpc) is 2.65. The maximum absolute atomic E-state index is 12.9. The van der Waals surface area contributed by atoms with Crippen LogP contribution in [-0.2, 0) is 9.59 Å². The molecule has 2 aliphatic rings. The average molecular weight is 359 g/mol. The number of hydrogen-bond donors (Lipinski definition) is 1. The second kappa shape index (κ2) is 7.35. The summed E-state index contributed by atoms with van der Waals surface area (Å²) in [5.74, 6) is -1.36. The molecular formula is C19H25N3O4. The van der Waals surface area contributed by atoms with Crippen LogP contribution in [0.15, 0.2) is 18.2 Å². The van der Waals surface area contributed by atoms with Gasteiger partial charge in [0.05, 0.1) is 11.4 Å². The van der Waals surface area contributed by atoms with Crippen molar-refractivity contribution in [2.24, 2.45) is 0 Å². The van der Waals surface area contributed by atoms with Crippen LogP contribution >= 0.6 is 0 Å². The maximum Gasteiger partial charge on any atom is 0.323 e. The topological polar surface area (TPSA) is 81.2 Å². The number of carboxylic acid groups (broad SMARTS) is 1. The summed E-state index contributed by atoms with van der Waals surface area (Å²) in [6, 6.07) is 4.99. The predicted octanol–water partition coefficient (Wildman–Crippen LogP) is 1.96. The lowest BCUT2D eigenvalue weighted by molar-refractivity contribution is -0.137. The Bertz CT molecular complexity index is 729. The third-order valence-electron chi connectivity index (χ3n) is 5.22. The van der Waals surface area contributed by atoms with Gasteiger partial charge in [-0.3, -0.25) is 19.3 Å². The lowest BCUT2D eigenvalue weighted by Crippen LogP contribution is -2.56. The third-order valence-corrected chi connectivity index (χ3v) is 5.22. The molecule has 1 atom stereocenters. The van der Waals surface area contributed by atoms with E-state index in [-0.39, 0.29) is 24.4 Å². The van der Waals surface area contributed by atoms with Crippen molar-refractivity contribution in [3.05, 3.63) is 23.8 Å². The molecule has 1 saturated heterocycles. The lowest BCUT2D eigenvalue weighted by Gasteiger charge is -2.45. The fourth-order valence-electron chi connectivity index (χ4n) is 3.88. The smallest absolute Gasteiger partial charge is 0.323 e. The van der Waals surface area contributed by atoms with E-state index in [0.29, 0.717) is 24.3 Å². The Balaban J connectivity index is 2.05. The van der Waals surface area contributed by atoms with Crippen LogP contribution in [0, 0.1) is 0 Å². The standard InChI is InChI=1S/C19H25N3O4/c1-3-20(4-2)18(25)13-8-9-14-16(11-13)22(12-17(23)24)19(26)15-7-5-6-10-21(14)15/h8-9,11,15H,3-7,10,12H2,1-2H3,(H,23,24)/t15-/m0/s1. The zero-order valence-electron chi connectivity index (χ0n) is 15.3. The Labute approximate surface area is 153 Å². The highest BCUT2D eigenvalue weighted by molar-refractivity contribution is 6.09. The van der Waals surface area contributed by atoms with Crippen molar-refractivity contribution >= 4 is 29.2 Å². The first-order chi connectivity index (χ1) is 12.5. The summed E-state index contributed by atoms with van der Waals surface area (Å²) >= 11 is 0. The van der Waals surface area contributed by atoms with Gasteiger partial charge < -0.3 is 14.9 Å². The van der Waals surface area contributed by atoms with Crippen LogP contribution < -0.4 is 9.80 Å². The molecule has 140 valence electrons. The molecule has 0 aromatic heterocycles. The number of fused-ring (bicyclic) bond motifs is 3. The van der Waals surface area contributed by atoms with Gasteiger partial charge in [0.2, 0.25) is 5.91 Å². The Kier molecular flexibility index (Phi) is 5.15. The van der Waals surface area contributed by atoms with Crippen LogP contribution in [0.2, 0.25) is 0 Å². The van der Waals surface area contributed by atoms with E-state index in [4.69, 9.17) is 0 Å². The van der Waals surface area contributed by atoms with Gasteiger partial charge in [0.25, 0.3) is 5.91 Å². The van der Waals surface area contributed by atoms with Crippen LogP contribution in [0.3, 0.4) is 0 Å². The molecule has 0 aliphatic carbocycles. The number of rotatable bonds is 5. The van der Waals surface area contributed by atoms with E-state index in [1.54, 1.807) is 17.0 Å². The van der Waals surface area contributed by atoms with E-state index >= 15 is 0 Å². The van der Waals surface area contributed by atoms with Crippen molar-refractivity contribution in [1.82, 2.24) is 4.90 Å². The summed E-state index contributed by atoms with van der Waals surface area (Å²) in [5.41, 5.74) is 1.84. The number of nitrogens with zero attached hydrogens (tertiary/aromatic N) is 3. The number of amides is 2. The van der Waals surface area contributed by atoms with Crippen molar-refractivity contribution < 1.29 is 19.5 Å². The number of piperidine rings is 1. The summed E-state index contributed by atoms with van der Waals surface area (Å²) in [6.45, 7) is 5.40. The molecule has 7 nitrogen and oxygen atoms in total. The van der Waals surface area contributed by atoms with Gasteiger partial charge in [0.1, 0.15) is 12.6 Å². The van der Waals surface area contributed by atoms with Crippen molar-refractivity contribution in [2.45, 2.75) is 39.2 Å². The van der Waals surface area contributed by atoms with Crippen molar-refractivity contribution in [1.29, 1.82) is 0 Å². The summed E-state index contributed by atoms with van der Waals surface area (Å²) in [7, 11) is 0. The molecular weight excluding hydrogens is 334 g/mol. The summed E-state index contributed by atoms with van der Waals surface area (Å²) in [6.07, 6.45) is 2.69. The molecule has 0 saturated carbocycles. The summed E-state index contributed by atoms with van der Waals surface area (Å²) in [5, 5.41) is 9.27. The van der Waals surface area contributed by atoms with E-state index in [9.17, 15) is 19.5 Å². The highest BCUT2D eigenvalue weighted by atomic mass is 16.4. The minimum Gasteiger partial charge on any atom is -0.480 e. The second-order valence-electron chi connectivity index (χ2n) is 6.70. The SMILES string of the molecule is CCN(CC)C(=O)c1ccc2c(c1)N(CC(=O)O)C(=O)[C@@H]1CCCCN21. The van der Waals surface area contributed by atoms with Crippen molar-refractivity contribution in [2.75, 3.05) is 36.0 Å². The molecule has 2 heterocycles. The molecule has 3 rings (SSSR count). The Hall–Kier alpha value is -2.57. The third kappa shape index (κ3) is 3.13. The first kappa shape index (κ1) is 18.2. The van der Waals surface area contributed by atoms with E-state index < -0.39 is 5.97 Å². The van der Waals surface area contributed by atoms with Gasteiger partial charge in [-0.25, -0.2) is 0 Å². The van der Waals surface area contributed by atoms with Crippen LogP contribution in [0.4, 0.5) is 11.4 Å². The Morgan fingerprint density at radius 1 is 1.19 bits per heavy atom. The van der Waals surface area contributed by atoms with Crippen molar-refractivity contribution in [3.63, 3.8) is 0 Å². The summed E-state index contributed by atoms with van der Waals surface area (Å²) in [4.78, 5) is 42.0. The number of carboxylic acids is 1. The van der Waals surface area contributed by atoms with Gasteiger partial charge in [-0.2, -0.15) is 0 Å². The molecule has 1 fully saturated rings. The van der Waals surface area contributed by atoms with Crippen LogP contribution in [-0.4, -0.2) is 60.0 Å². The zero-order valence-corrected chi connectivity index (χ0v) is 15.3. The molecule has 2 amide bonds. The van der Waals surface area contributed by atoms with Gasteiger partial charge in [0.15, 0.2) is 0 Å². The quantitative estimate of drug-likeness (QED) is 0.869. The largest absolute Gasteiger partial charge is 0.480 e. The monoisotopic (exact) mass is 359 g/mol. The van der Waals surface area contributed by atoms with Gasteiger partial charge in [-0.05, 0) is 51.3 Å². The molecule has 0 spiro atoms. The van der Waals surface area contributed by atoms with Crippen LogP contribution in [0.25, 0.3) is 0 Å². The van der Waals surface area contributed by atoms with E-state index in [1.807, 2.05) is 19.9 Å². The van der Waals surface area contributed by atoms with Gasteiger partial charge in [-0.15, -0.1) is 0 Å². The molecule has 0 bridgehead atoms. The summed E-state index contributed by atoms with van der Waals surface area (Å²) < 4.78 is 0. The van der Waals surface area contributed by atoms with Gasteiger partial charge >= 0.3 is 5.97 Å². The Morgan fingerprint density at radius 3 is 2.58 bits per heavy atom. The number of anilines is 2. The molecule has 1 aromatic carbocycles. The van der Waals surface area contributed by atoms with Gasteiger partial charge in [0, 0.05) is 25.2 Å². The zero-order chi connectivity index (χ0) is 18.8. The number of aliphatic carboxylic acids is 1. The molecule has 0 unspecified atom stereocenters. The molecule has 26 heavy (non-hydrogen) atoms. The number of carbonyl (C=O) groups is 3. The van der Waals surface area contributed by atoms with Gasteiger partial charge in [-0.1, -0.05) is 0 Å². The first-order valence-corrected chi connectivity index (χ1v) is 9.21. The molecule has 1 N–H and O–H groups in total. The van der Waals surface area contributed by atoms with Crippen molar-refractivity contribution in [3.8, 4) is 0 Å². The molecule has 2 aliphatic heterocycles. The normalized spacial score (nSPS) is 19.0.